The highest BCUT2D eigenvalue weighted by atomic mass is 16.7. The number of aromatic hydroxyl groups is 5. The summed E-state index contributed by atoms with van der Waals surface area (Å²) >= 11 is 0. The van der Waals surface area contributed by atoms with Gasteiger partial charge in [0.25, 0.3) is 0 Å². The van der Waals surface area contributed by atoms with Crippen molar-refractivity contribution in [1.82, 2.24) is 0 Å². The van der Waals surface area contributed by atoms with Gasteiger partial charge >= 0.3 is 5.97 Å². The molecule has 1 saturated heterocycles. The van der Waals surface area contributed by atoms with Crippen LogP contribution >= 0.6 is 0 Å². The van der Waals surface area contributed by atoms with Gasteiger partial charge in [0.2, 0.25) is 6.29 Å². The van der Waals surface area contributed by atoms with Gasteiger partial charge in [0.15, 0.2) is 23.4 Å². The number of benzene rings is 3. The van der Waals surface area contributed by atoms with Gasteiger partial charge in [0.05, 0.1) is 12.2 Å². The Labute approximate surface area is 221 Å². The third-order valence-electron chi connectivity index (χ3n) is 5.90. The molecule has 0 unspecified atom stereocenters. The first kappa shape index (κ1) is 27.5. The molecule has 0 saturated carbocycles. The summed E-state index contributed by atoms with van der Waals surface area (Å²) in [5.74, 6) is -3.70. The van der Waals surface area contributed by atoms with Crippen molar-refractivity contribution in [1.29, 1.82) is 0 Å². The molecule has 3 aromatic carbocycles. The Morgan fingerprint density at radius 3 is 2.10 bits per heavy atom. The van der Waals surface area contributed by atoms with Crippen LogP contribution in [0, 0.1) is 0 Å². The van der Waals surface area contributed by atoms with E-state index in [-0.39, 0.29) is 17.2 Å². The van der Waals surface area contributed by atoms with Crippen LogP contribution < -0.4 is 4.74 Å². The van der Waals surface area contributed by atoms with Crippen molar-refractivity contribution >= 4 is 18.1 Å². The molecule has 3 aromatic rings. The smallest absolute Gasteiger partial charge is 0.339 e. The summed E-state index contributed by atoms with van der Waals surface area (Å²) in [6, 6.07) is 12.2. The average molecular weight is 542 g/mol. The van der Waals surface area contributed by atoms with Crippen LogP contribution in [0.15, 0.2) is 54.6 Å². The first-order valence-electron chi connectivity index (χ1n) is 11.6. The molecule has 0 aliphatic carbocycles. The first-order chi connectivity index (χ1) is 18.5. The van der Waals surface area contributed by atoms with Crippen molar-refractivity contribution in [2.24, 2.45) is 0 Å². The molecule has 4 rings (SSSR count). The van der Waals surface area contributed by atoms with E-state index in [2.05, 4.69) is 0 Å². The third-order valence-corrected chi connectivity index (χ3v) is 5.90. The van der Waals surface area contributed by atoms with Gasteiger partial charge in [-0.15, -0.1) is 0 Å². The summed E-state index contributed by atoms with van der Waals surface area (Å²) in [7, 11) is 0. The number of hydrogen-bond donors (Lipinski definition) is 8. The maximum absolute atomic E-state index is 12.7. The molecule has 1 aliphatic rings. The monoisotopic (exact) mass is 542 g/mol. The molecule has 0 amide bonds. The van der Waals surface area contributed by atoms with Crippen LogP contribution in [0.5, 0.6) is 34.5 Å². The molecule has 1 aliphatic heterocycles. The first-order valence-corrected chi connectivity index (χ1v) is 11.6. The minimum absolute atomic E-state index is 0.0200. The summed E-state index contributed by atoms with van der Waals surface area (Å²) in [5, 5.41) is 79.1. The fourth-order valence-corrected chi connectivity index (χ4v) is 3.87. The van der Waals surface area contributed by atoms with Crippen molar-refractivity contribution in [3.05, 3.63) is 71.3 Å². The maximum atomic E-state index is 12.7. The average Bonchev–Trinajstić information content (AvgIpc) is 2.90. The lowest BCUT2D eigenvalue weighted by molar-refractivity contribution is -0.276. The van der Waals surface area contributed by atoms with Gasteiger partial charge in [0.1, 0.15) is 35.6 Å². The van der Waals surface area contributed by atoms with E-state index in [0.29, 0.717) is 5.56 Å². The van der Waals surface area contributed by atoms with Crippen LogP contribution in [0.3, 0.4) is 0 Å². The Morgan fingerprint density at radius 1 is 0.821 bits per heavy atom. The molecular weight excluding hydrogens is 516 g/mol. The second kappa shape index (κ2) is 11.5. The van der Waals surface area contributed by atoms with E-state index in [0.717, 1.165) is 17.7 Å². The van der Waals surface area contributed by atoms with Crippen molar-refractivity contribution in [3.63, 3.8) is 0 Å². The van der Waals surface area contributed by atoms with E-state index < -0.39 is 66.1 Å². The number of carbonyl (C=O) groups excluding carboxylic acids is 1. The van der Waals surface area contributed by atoms with Gasteiger partial charge in [-0.2, -0.15) is 0 Å². The quantitative estimate of drug-likeness (QED) is 0.121. The Bertz CT molecular complexity index is 1330. The number of phenols is 5. The van der Waals surface area contributed by atoms with Gasteiger partial charge < -0.3 is 55.1 Å². The van der Waals surface area contributed by atoms with Crippen LogP contribution in [0.2, 0.25) is 0 Å². The SMILES string of the molecule is O=C(O[C@H]1[C@H](Oc2cc(O)cc(/C=C/c3ccc(O)cc3)c2)O[C@H](CO)[C@@H](O)[C@@H]1O)c1cc(O)c(O)c(O)c1. The number of rotatable bonds is 7. The van der Waals surface area contributed by atoms with Crippen LogP contribution in [-0.4, -0.2) is 84.1 Å². The van der Waals surface area contributed by atoms with Crippen molar-refractivity contribution < 1.29 is 59.9 Å². The Hall–Kier alpha value is -4.49. The fraction of sp³-hybridized carbons (Fsp3) is 0.222. The Kier molecular flexibility index (Phi) is 8.12. The normalized spacial score (nSPS) is 23.0. The molecule has 39 heavy (non-hydrogen) atoms. The highest BCUT2D eigenvalue weighted by Crippen LogP contribution is 2.36. The van der Waals surface area contributed by atoms with Crippen molar-refractivity contribution in [2.75, 3.05) is 6.61 Å². The third kappa shape index (κ3) is 6.33. The molecule has 5 atom stereocenters. The van der Waals surface area contributed by atoms with E-state index in [1.807, 2.05) is 0 Å². The van der Waals surface area contributed by atoms with Crippen molar-refractivity contribution in [3.8, 4) is 34.5 Å². The van der Waals surface area contributed by atoms with Gasteiger partial charge in [-0.25, -0.2) is 4.79 Å². The Morgan fingerprint density at radius 2 is 1.46 bits per heavy atom. The summed E-state index contributed by atoms with van der Waals surface area (Å²) in [6.07, 6.45) is -4.68. The second-order valence-corrected chi connectivity index (χ2v) is 8.74. The largest absolute Gasteiger partial charge is 0.508 e. The summed E-state index contributed by atoms with van der Waals surface area (Å²) in [6.45, 7) is -0.709. The van der Waals surface area contributed by atoms with Gasteiger partial charge in [0, 0.05) is 6.07 Å². The predicted molar refractivity (Wildman–Crippen MR) is 134 cm³/mol. The standard InChI is InChI=1S/C27H26O12/c28-12-21-23(34)24(35)25(39-26(36)15-9-19(31)22(33)20(32)10-15)27(38-21)37-18-8-14(7-17(30)11-18)2-1-13-3-5-16(29)6-4-13/h1-11,21,23-25,27-35H,12H2/b2-1+/t21-,23-,24+,25-,27-/m1/s1. The van der Waals surface area contributed by atoms with Crippen LogP contribution in [0.25, 0.3) is 12.2 Å². The molecule has 12 nitrogen and oxygen atoms in total. The number of hydrogen-bond acceptors (Lipinski definition) is 12. The molecule has 0 radical (unpaired) electrons. The molecule has 206 valence electrons. The number of ether oxygens (including phenoxy) is 3. The lowest BCUT2D eigenvalue weighted by Crippen LogP contribution is -2.61. The van der Waals surface area contributed by atoms with Crippen LogP contribution in [0.1, 0.15) is 21.5 Å². The van der Waals surface area contributed by atoms with Crippen LogP contribution in [-0.2, 0) is 9.47 Å². The van der Waals surface area contributed by atoms with Gasteiger partial charge in [-0.1, -0.05) is 24.3 Å². The van der Waals surface area contributed by atoms with E-state index in [1.54, 1.807) is 24.3 Å². The highest BCUT2D eigenvalue weighted by molar-refractivity contribution is 5.91. The Balaban J connectivity index is 1.59. The zero-order valence-electron chi connectivity index (χ0n) is 20.2. The fourth-order valence-electron chi connectivity index (χ4n) is 3.87. The summed E-state index contributed by atoms with van der Waals surface area (Å²) in [5.41, 5.74) is 0.846. The molecular formula is C27H26O12. The summed E-state index contributed by atoms with van der Waals surface area (Å²) < 4.78 is 16.6. The van der Waals surface area contributed by atoms with E-state index in [1.165, 1.54) is 30.3 Å². The van der Waals surface area contributed by atoms with Gasteiger partial charge in [-0.05, 0) is 47.5 Å². The summed E-state index contributed by atoms with van der Waals surface area (Å²) in [4.78, 5) is 12.7. The number of phenolic OH excluding ortho intramolecular Hbond substituents is 5. The zero-order chi connectivity index (χ0) is 28.3. The molecule has 12 heteroatoms. The van der Waals surface area contributed by atoms with Crippen molar-refractivity contribution in [2.45, 2.75) is 30.7 Å². The number of aliphatic hydroxyl groups is 3. The minimum atomic E-state index is -1.80. The lowest BCUT2D eigenvalue weighted by atomic mass is 9.99. The van der Waals surface area contributed by atoms with Gasteiger partial charge in [-0.3, -0.25) is 0 Å². The zero-order valence-corrected chi connectivity index (χ0v) is 20.2. The van der Waals surface area contributed by atoms with Crippen LogP contribution in [0.4, 0.5) is 0 Å². The lowest BCUT2D eigenvalue weighted by Gasteiger charge is -2.41. The predicted octanol–water partition coefficient (Wildman–Crippen LogP) is 1.43. The number of aliphatic hydroxyl groups excluding tert-OH is 3. The molecule has 0 spiro atoms. The molecule has 0 aromatic heterocycles. The van der Waals surface area contributed by atoms with E-state index >= 15 is 0 Å². The highest BCUT2D eigenvalue weighted by Gasteiger charge is 2.48. The molecule has 1 heterocycles. The number of carbonyl (C=O) groups is 1. The number of esters is 1. The molecule has 1 fully saturated rings. The molecule has 8 N–H and O–H groups in total. The second-order valence-electron chi connectivity index (χ2n) is 8.74. The van der Waals surface area contributed by atoms with E-state index in [9.17, 15) is 45.6 Å². The maximum Gasteiger partial charge on any atom is 0.339 e. The minimum Gasteiger partial charge on any atom is -0.508 e. The topological polar surface area (TPSA) is 207 Å². The molecule has 0 bridgehead atoms. The van der Waals surface area contributed by atoms with E-state index in [4.69, 9.17) is 14.2 Å².